The number of hydrogen-bond acceptors (Lipinski definition) is 3. The summed E-state index contributed by atoms with van der Waals surface area (Å²) in [7, 11) is 0. The molecule has 5 nitrogen and oxygen atoms in total. The topological polar surface area (TPSA) is 77.8 Å². The molecule has 1 aliphatic carbocycles. The minimum atomic E-state index is -0.795. The molecule has 1 saturated heterocycles. The smallest absolute Gasteiger partial charge is 0.311 e. The van der Waals surface area contributed by atoms with Gasteiger partial charge in [-0.15, -0.1) is 0 Å². The van der Waals surface area contributed by atoms with Gasteiger partial charge in [0.15, 0.2) is 0 Å². The summed E-state index contributed by atoms with van der Waals surface area (Å²) in [5.74, 6) is -1.06. The van der Waals surface area contributed by atoms with E-state index in [1.807, 2.05) is 6.92 Å². The summed E-state index contributed by atoms with van der Waals surface area (Å²) in [6.45, 7) is 2.71. The van der Waals surface area contributed by atoms with Crippen molar-refractivity contribution in [2.24, 2.45) is 11.3 Å². The van der Waals surface area contributed by atoms with Crippen LogP contribution in [0.4, 0.5) is 0 Å². The van der Waals surface area contributed by atoms with Gasteiger partial charge in [0.2, 0.25) is 0 Å². The Morgan fingerprint density at radius 1 is 1.41 bits per heavy atom. The van der Waals surface area contributed by atoms with Gasteiger partial charge in [-0.25, -0.2) is 0 Å². The number of carbonyl (C=O) groups excluding carboxylic acids is 1. The standard InChI is InChI=1S/C17H21NO4/c1-2-11-5-6-14(19)13(8-11)15(20)18-9-12-4-3-7-17(12,10-18)16(21)22/h5-6,8,12,19H,2-4,7,9-10H2,1H3,(H,21,22)/t12-,17+/m0/s1. The van der Waals surface area contributed by atoms with Crippen molar-refractivity contribution in [2.75, 3.05) is 13.1 Å². The van der Waals surface area contributed by atoms with Crippen LogP contribution in [-0.2, 0) is 11.2 Å². The summed E-state index contributed by atoms with van der Waals surface area (Å²) in [5, 5.41) is 19.6. The third kappa shape index (κ3) is 2.16. The second-order valence-corrected chi connectivity index (χ2v) is 6.44. The highest BCUT2D eigenvalue weighted by atomic mass is 16.4. The Balaban J connectivity index is 1.87. The number of amides is 1. The molecular weight excluding hydrogens is 282 g/mol. The van der Waals surface area contributed by atoms with Crippen molar-refractivity contribution in [2.45, 2.75) is 32.6 Å². The van der Waals surface area contributed by atoms with E-state index in [1.54, 1.807) is 17.0 Å². The molecule has 1 aromatic rings. The van der Waals surface area contributed by atoms with E-state index in [0.29, 0.717) is 13.0 Å². The van der Waals surface area contributed by atoms with Gasteiger partial charge in [0.1, 0.15) is 5.75 Å². The first-order chi connectivity index (χ1) is 10.5. The lowest BCUT2D eigenvalue weighted by Crippen LogP contribution is -2.37. The Labute approximate surface area is 129 Å². The number of carboxylic acids is 1. The fraction of sp³-hybridized carbons (Fsp3) is 0.529. The van der Waals surface area contributed by atoms with E-state index in [2.05, 4.69) is 0 Å². The van der Waals surface area contributed by atoms with Gasteiger partial charge < -0.3 is 15.1 Å². The van der Waals surface area contributed by atoms with E-state index in [-0.39, 0.29) is 29.7 Å². The van der Waals surface area contributed by atoms with Crippen molar-refractivity contribution in [3.05, 3.63) is 29.3 Å². The van der Waals surface area contributed by atoms with Crippen LogP contribution in [-0.4, -0.2) is 40.1 Å². The Morgan fingerprint density at radius 2 is 2.18 bits per heavy atom. The van der Waals surface area contributed by atoms with E-state index in [0.717, 1.165) is 24.8 Å². The number of phenolic OH excluding ortho intramolecular Hbond substituents is 1. The third-order valence-electron chi connectivity index (χ3n) is 5.28. The van der Waals surface area contributed by atoms with Gasteiger partial charge in [0.25, 0.3) is 5.91 Å². The number of aromatic hydroxyl groups is 1. The number of likely N-dealkylation sites (tertiary alicyclic amines) is 1. The summed E-state index contributed by atoms with van der Waals surface area (Å²) in [5.41, 5.74) is 0.474. The number of hydrogen-bond donors (Lipinski definition) is 2. The van der Waals surface area contributed by atoms with Crippen molar-refractivity contribution in [3.8, 4) is 5.75 Å². The summed E-state index contributed by atoms with van der Waals surface area (Å²) < 4.78 is 0. The fourth-order valence-corrected chi connectivity index (χ4v) is 3.94. The molecule has 1 amide bonds. The summed E-state index contributed by atoms with van der Waals surface area (Å²) in [4.78, 5) is 26.0. The molecule has 5 heteroatoms. The van der Waals surface area contributed by atoms with E-state index < -0.39 is 11.4 Å². The minimum Gasteiger partial charge on any atom is -0.507 e. The predicted octanol–water partition coefficient (Wildman–Crippen LogP) is 2.28. The number of rotatable bonds is 3. The molecule has 22 heavy (non-hydrogen) atoms. The molecule has 2 fully saturated rings. The molecule has 0 unspecified atom stereocenters. The SMILES string of the molecule is CCc1ccc(O)c(C(=O)N2C[C@@H]3CCC[C@@]3(C(=O)O)C2)c1. The molecule has 2 N–H and O–H groups in total. The largest absolute Gasteiger partial charge is 0.507 e. The Morgan fingerprint density at radius 3 is 2.82 bits per heavy atom. The minimum absolute atomic E-state index is 0.0328. The lowest BCUT2D eigenvalue weighted by atomic mass is 9.81. The second kappa shape index (κ2) is 5.30. The van der Waals surface area contributed by atoms with Crippen molar-refractivity contribution in [1.82, 2.24) is 4.90 Å². The van der Waals surface area contributed by atoms with E-state index in [9.17, 15) is 19.8 Å². The predicted molar refractivity (Wildman–Crippen MR) is 80.8 cm³/mol. The second-order valence-electron chi connectivity index (χ2n) is 6.44. The molecule has 3 rings (SSSR count). The molecule has 2 aliphatic rings. The number of carbonyl (C=O) groups is 2. The lowest BCUT2D eigenvalue weighted by Gasteiger charge is -2.23. The highest BCUT2D eigenvalue weighted by Crippen LogP contribution is 2.49. The maximum atomic E-state index is 12.7. The average molecular weight is 303 g/mol. The fourth-order valence-electron chi connectivity index (χ4n) is 3.94. The molecular formula is C17H21NO4. The molecule has 1 saturated carbocycles. The van der Waals surface area contributed by atoms with Gasteiger partial charge >= 0.3 is 5.97 Å². The monoisotopic (exact) mass is 303 g/mol. The quantitative estimate of drug-likeness (QED) is 0.898. The summed E-state index contributed by atoms with van der Waals surface area (Å²) >= 11 is 0. The first-order valence-corrected chi connectivity index (χ1v) is 7.82. The highest BCUT2D eigenvalue weighted by Gasteiger charge is 2.55. The molecule has 1 heterocycles. The van der Waals surface area contributed by atoms with Crippen molar-refractivity contribution in [1.29, 1.82) is 0 Å². The zero-order valence-electron chi connectivity index (χ0n) is 12.7. The van der Waals surface area contributed by atoms with Crippen LogP contribution in [0.3, 0.4) is 0 Å². The Hall–Kier alpha value is -2.04. The molecule has 0 bridgehead atoms. The van der Waals surface area contributed by atoms with Gasteiger partial charge in [-0.05, 0) is 42.9 Å². The zero-order chi connectivity index (χ0) is 15.9. The van der Waals surface area contributed by atoms with Gasteiger partial charge in [-0.1, -0.05) is 19.4 Å². The molecule has 1 aliphatic heterocycles. The first kappa shape index (κ1) is 14.9. The number of aryl methyl sites for hydroxylation is 1. The molecule has 0 radical (unpaired) electrons. The van der Waals surface area contributed by atoms with Crippen LogP contribution in [0.5, 0.6) is 5.75 Å². The molecule has 1 aromatic carbocycles. The third-order valence-corrected chi connectivity index (χ3v) is 5.28. The zero-order valence-corrected chi connectivity index (χ0v) is 12.7. The van der Waals surface area contributed by atoms with Crippen LogP contribution in [0.25, 0.3) is 0 Å². The molecule has 2 atom stereocenters. The average Bonchev–Trinajstić information content (AvgIpc) is 3.05. The number of benzene rings is 1. The first-order valence-electron chi connectivity index (χ1n) is 7.82. The van der Waals surface area contributed by atoms with E-state index >= 15 is 0 Å². The normalized spacial score (nSPS) is 27.0. The highest BCUT2D eigenvalue weighted by molar-refractivity contribution is 5.97. The summed E-state index contributed by atoms with van der Waals surface area (Å²) in [6.07, 6.45) is 3.19. The van der Waals surface area contributed by atoms with Crippen LogP contribution in [0.2, 0.25) is 0 Å². The summed E-state index contributed by atoms with van der Waals surface area (Å²) in [6, 6.07) is 5.04. The maximum Gasteiger partial charge on any atom is 0.311 e. The van der Waals surface area contributed by atoms with E-state index in [1.165, 1.54) is 6.07 Å². The van der Waals surface area contributed by atoms with E-state index in [4.69, 9.17) is 0 Å². The Kier molecular flexibility index (Phi) is 3.59. The number of carboxylic acid groups (broad SMARTS) is 1. The van der Waals surface area contributed by atoms with Crippen molar-refractivity contribution < 1.29 is 19.8 Å². The molecule has 0 aromatic heterocycles. The van der Waals surface area contributed by atoms with Gasteiger partial charge in [0, 0.05) is 13.1 Å². The van der Waals surface area contributed by atoms with Gasteiger partial charge in [-0.3, -0.25) is 9.59 Å². The van der Waals surface area contributed by atoms with Crippen LogP contribution in [0, 0.1) is 11.3 Å². The number of phenols is 1. The number of fused-ring (bicyclic) bond motifs is 1. The van der Waals surface area contributed by atoms with Crippen LogP contribution >= 0.6 is 0 Å². The molecule has 0 spiro atoms. The number of nitrogens with zero attached hydrogens (tertiary/aromatic N) is 1. The lowest BCUT2D eigenvalue weighted by molar-refractivity contribution is -0.149. The van der Waals surface area contributed by atoms with Crippen LogP contribution in [0.1, 0.15) is 42.1 Å². The number of aliphatic carboxylic acids is 1. The van der Waals surface area contributed by atoms with Crippen LogP contribution < -0.4 is 0 Å². The van der Waals surface area contributed by atoms with Crippen molar-refractivity contribution >= 4 is 11.9 Å². The van der Waals surface area contributed by atoms with Gasteiger partial charge in [-0.2, -0.15) is 0 Å². The van der Waals surface area contributed by atoms with Crippen LogP contribution in [0.15, 0.2) is 18.2 Å². The molecule has 118 valence electrons. The van der Waals surface area contributed by atoms with Gasteiger partial charge in [0.05, 0.1) is 11.0 Å². The maximum absolute atomic E-state index is 12.7. The van der Waals surface area contributed by atoms with Crippen molar-refractivity contribution in [3.63, 3.8) is 0 Å². The Bertz CT molecular complexity index is 627.